The van der Waals surface area contributed by atoms with Crippen LogP contribution in [0.3, 0.4) is 0 Å². The lowest BCUT2D eigenvalue weighted by Gasteiger charge is -2.12. The molecule has 0 aliphatic heterocycles. The Morgan fingerprint density at radius 2 is 2.06 bits per heavy atom. The zero-order chi connectivity index (χ0) is 13.1. The Kier molecular flexibility index (Phi) is 3.77. The number of hydrogen-bond donors (Lipinski definition) is 1. The highest BCUT2D eigenvalue weighted by Crippen LogP contribution is 2.15. The van der Waals surface area contributed by atoms with E-state index in [0.29, 0.717) is 0 Å². The summed E-state index contributed by atoms with van der Waals surface area (Å²) in [5.74, 6) is 0. The molecule has 1 N–H and O–H groups in total. The van der Waals surface area contributed by atoms with Gasteiger partial charge in [0.25, 0.3) is 0 Å². The van der Waals surface area contributed by atoms with E-state index in [-0.39, 0.29) is 6.04 Å². The Labute approximate surface area is 108 Å². The first-order valence-corrected chi connectivity index (χ1v) is 6.33. The minimum Gasteiger partial charge on any atom is -0.309 e. The van der Waals surface area contributed by atoms with Crippen LogP contribution in [-0.4, -0.2) is 21.1 Å². The lowest BCUT2D eigenvalue weighted by molar-refractivity contribution is 0.583. The van der Waals surface area contributed by atoms with Gasteiger partial charge >= 0.3 is 0 Å². The van der Waals surface area contributed by atoms with Crippen molar-refractivity contribution in [2.24, 2.45) is 0 Å². The van der Waals surface area contributed by atoms with Crippen molar-refractivity contribution in [1.29, 1.82) is 0 Å². The van der Waals surface area contributed by atoms with E-state index in [4.69, 9.17) is 0 Å². The van der Waals surface area contributed by atoms with Crippen LogP contribution in [0.1, 0.15) is 37.0 Å². The van der Waals surface area contributed by atoms with Gasteiger partial charge in [0.2, 0.25) is 0 Å². The topological polar surface area (TPSA) is 42.7 Å². The summed E-state index contributed by atoms with van der Waals surface area (Å²) in [6, 6.07) is 4.44. The fourth-order valence-electron chi connectivity index (χ4n) is 1.97. The second-order valence-electron chi connectivity index (χ2n) is 4.51. The molecule has 2 aromatic heterocycles. The van der Waals surface area contributed by atoms with E-state index in [9.17, 15) is 0 Å². The van der Waals surface area contributed by atoms with Crippen molar-refractivity contribution in [2.45, 2.75) is 33.7 Å². The summed E-state index contributed by atoms with van der Waals surface area (Å²) in [5, 5.41) is 3.35. The quantitative estimate of drug-likeness (QED) is 0.898. The Morgan fingerprint density at radius 3 is 2.56 bits per heavy atom. The van der Waals surface area contributed by atoms with Crippen LogP contribution in [0, 0.1) is 13.8 Å². The molecular weight excluding hydrogens is 224 g/mol. The first-order valence-electron chi connectivity index (χ1n) is 6.33. The van der Waals surface area contributed by atoms with Crippen LogP contribution in [0.2, 0.25) is 0 Å². The van der Waals surface area contributed by atoms with Gasteiger partial charge in [0, 0.05) is 11.7 Å². The third kappa shape index (κ3) is 2.43. The molecule has 0 fully saturated rings. The molecule has 4 nitrogen and oxygen atoms in total. The van der Waals surface area contributed by atoms with Gasteiger partial charge in [-0.2, -0.15) is 0 Å². The van der Waals surface area contributed by atoms with Gasteiger partial charge in [0.1, 0.15) is 0 Å². The monoisotopic (exact) mass is 244 g/mol. The Bertz CT molecular complexity index is 513. The first kappa shape index (κ1) is 12.8. The molecule has 2 aromatic rings. The average Bonchev–Trinajstić information content (AvgIpc) is 2.71. The molecule has 0 spiro atoms. The highest BCUT2D eigenvalue weighted by molar-refractivity contribution is 5.33. The molecule has 2 rings (SSSR count). The van der Waals surface area contributed by atoms with Gasteiger partial charge in [-0.05, 0) is 39.4 Å². The van der Waals surface area contributed by atoms with E-state index in [0.717, 1.165) is 29.3 Å². The summed E-state index contributed by atoms with van der Waals surface area (Å²) < 4.78 is 2.06. The third-order valence-electron chi connectivity index (χ3n) is 3.25. The van der Waals surface area contributed by atoms with Crippen molar-refractivity contribution in [1.82, 2.24) is 19.9 Å². The maximum atomic E-state index is 4.51. The molecule has 0 saturated carbocycles. The summed E-state index contributed by atoms with van der Waals surface area (Å²) in [6.45, 7) is 9.25. The highest BCUT2D eigenvalue weighted by Gasteiger charge is 2.07. The molecule has 0 aliphatic rings. The zero-order valence-corrected chi connectivity index (χ0v) is 11.4. The van der Waals surface area contributed by atoms with E-state index >= 15 is 0 Å². The zero-order valence-electron chi connectivity index (χ0n) is 11.4. The smallest absolute Gasteiger partial charge is 0.0997 e. The normalized spacial score (nSPS) is 12.7. The largest absolute Gasteiger partial charge is 0.309 e. The number of nitrogens with one attached hydrogen (secondary N) is 1. The van der Waals surface area contributed by atoms with Crippen LogP contribution in [0.25, 0.3) is 5.69 Å². The van der Waals surface area contributed by atoms with E-state index in [1.807, 2.05) is 19.4 Å². The van der Waals surface area contributed by atoms with Crippen LogP contribution in [0.4, 0.5) is 0 Å². The van der Waals surface area contributed by atoms with Crippen molar-refractivity contribution >= 4 is 0 Å². The van der Waals surface area contributed by atoms with Gasteiger partial charge in [-0.25, -0.2) is 4.98 Å². The number of hydrogen-bond acceptors (Lipinski definition) is 3. The van der Waals surface area contributed by atoms with Gasteiger partial charge in [0.05, 0.1) is 29.6 Å². The summed E-state index contributed by atoms with van der Waals surface area (Å²) in [4.78, 5) is 8.82. The first-order chi connectivity index (χ1) is 8.63. The fourth-order valence-corrected chi connectivity index (χ4v) is 1.97. The maximum absolute atomic E-state index is 4.51. The standard InChI is InChI=1S/C14H20N4/c1-5-15-11(3)14-7-6-13(8-16-14)18-9-17-10(2)12(18)4/h6-9,11,15H,5H2,1-4H3. The fraction of sp³-hybridized carbons (Fsp3) is 0.429. The molecule has 0 aromatic carbocycles. The molecule has 4 heteroatoms. The lowest BCUT2D eigenvalue weighted by Crippen LogP contribution is -2.18. The van der Waals surface area contributed by atoms with Crippen molar-refractivity contribution < 1.29 is 0 Å². The SMILES string of the molecule is CCNC(C)c1ccc(-n2cnc(C)c2C)cn1. The van der Waals surface area contributed by atoms with Crippen LogP contribution < -0.4 is 5.32 Å². The molecule has 18 heavy (non-hydrogen) atoms. The number of pyridine rings is 1. The van der Waals surface area contributed by atoms with Crippen molar-refractivity contribution in [3.05, 3.63) is 41.7 Å². The second kappa shape index (κ2) is 5.31. The average molecular weight is 244 g/mol. The Hall–Kier alpha value is -1.68. The predicted molar refractivity (Wildman–Crippen MR) is 72.9 cm³/mol. The number of nitrogens with zero attached hydrogens (tertiary/aromatic N) is 3. The predicted octanol–water partition coefficient (Wildman–Crippen LogP) is 2.55. The summed E-state index contributed by atoms with van der Waals surface area (Å²) in [6.07, 6.45) is 3.74. The van der Waals surface area contributed by atoms with Crippen LogP contribution in [-0.2, 0) is 0 Å². The third-order valence-corrected chi connectivity index (χ3v) is 3.25. The van der Waals surface area contributed by atoms with Gasteiger partial charge < -0.3 is 9.88 Å². The Balaban J connectivity index is 2.25. The molecule has 0 bridgehead atoms. The summed E-state index contributed by atoms with van der Waals surface area (Å²) >= 11 is 0. The Morgan fingerprint density at radius 1 is 1.28 bits per heavy atom. The van der Waals surface area contributed by atoms with E-state index in [2.05, 4.69) is 52.8 Å². The molecule has 2 heterocycles. The van der Waals surface area contributed by atoms with Gasteiger partial charge in [-0.3, -0.25) is 4.98 Å². The van der Waals surface area contributed by atoms with Crippen molar-refractivity contribution in [2.75, 3.05) is 6.54 Å². The maximum Gasteiger partial charge on any atom is 0.0997 e. The molecule has 1 unspecified atom stereocenters. The molecule has 0 aliphatic carbocycles. The molecular formula is C14H20N4. The number of aromatic nitrogens is 3. The molecule has 1 atom stereocenters. The van der Waals surface area contributed by atoms with Gasteiger partial charge in [0.15, 0.2) is 0 Å². The van der Waals surface area contributed by atoms with E-state index < -0.39 is 0 Å². The van der Waals surface area contributed by atoms with E-state index in [1.54, 1.807) is 0 Å². The number of aryl methyl sites for hydroxylation is 1. The van der Waals surface area contributed by atoms with Crippen LogP contribution in [0.5, 0.6) is 0 Å². The molecule has 0 amide bonds. The molecule has 0 saturated heterocycles. The molecule has 96 valence electrons. The van der Waals surface area contributed by atoms with Crippen LogP contribution >= 0.6 is 0 Å². The molecule has 0 radical (unpaired) electrons. The highest BCUT2D eigenvalue weighted by atomic mass is 15.1. The second-order valence-corrected chi connectivity index (χ2v) is 4.51. The number of imidazole rings is 1. The lowest BCUT2D eigenvalue weighted by atomic mass is 10.2. The number of rotatable bonds is 4. The van der Waals surface area contributed by atoms with Gasteiger partial charge in [-0.15, -0.1) is 0 Å². The summed E-state index contributed by atoms with van der Waals surface area (Å²) in [7, 11) is 0. The minimum atomic E-state index is 0.287. The van der Waals surface area contributed by atoms with Crippen molar-refractivity contribution in [3.8, 4) is 5.69 Å². The van der Waals surface area contributed by atoms with E-state index in [1.165, 1.54) is 0 Å². The minimum absolute atomic E-state index is 0.287. The summed E-state index contributed by atoms with van der Waals surface area (Å²) in [5.41, 5.74) is 4.33. The van der Waals surface area contributed by atoms with Gasteiger partial charge in [-0.1, -0.05) is 6.92 Å². The van der Waals surface area contributed by atoms with Crippen LogP contribution in [0.15, 0.2) is 24.7 Å². The van der Waals surface area contributed by atoms with Crippen molar-refractivity contribution in [3.63, 3.8) is 0 Å².